The van der Waals surface area contributed by atoms with Gasteiger partial charge in [0.15, 0.2) is 0 Å². The SMILES string of the molecule is CC[C@H](C)[C@H](NC(=O)[C@H](Cc1ccccc1)NC(=O)[C@H](Cc1ccc(O)cc1)NC(=O)[C@@H]1CCCN1C(=O)[C@H](Cc1ccc(O)cc1)NC(=O)[C@@H](NC(=O)[C@@H](NC(=O)[C@H](CC(C)C)NC(=O)[C@H](CC(N)=O)NC(C)=O)[C@@H](C)O)[C@@H](C)O)C(=O)N1CCC[C@H]1C(=O)N[C@@H](CC(C)C)C(=O)N1CCC[C@H]1C(N)=O. The van der Waals surface area contributed by atoms with Crippen LogP contribution in [-0.4, -0.2) is 222 Å². The summed E-state index contributed by atoms with van der Waals surface area (Å²) in [5.74, 6) is -12.7. The number of nitrogens with two attached hydrogens (primary N) is 2. The number of nitrogens with one attached hydrogen (secondary N) is 9. The van der Waals surface area contributed by atoms with Gasteiger partial charge in [-0.15, -0.1) is 0 Å². The van der Waals surface area contributed by atoms with Crippen molar-refractivity contribution in [2.75, 3.05) is 19.6 Å². The summed E-state index contributed by atoms with van der Waals surface area (Å²) in [6.07, 6.45) is -2.29. The number of carbonyl (C=O) groups is 14. The molecule has 3 aliphatic heterocycles. The van der Waals surface area contributed by atoms with Gasteiger partial charge in [-0.2, -0.15) is 0 Å². The molecule has 3 saturated heterocycles. The Kier molecular flexibility index (Phi) is 31.8. The van der Waals surface area contributed by atoms with Crippen molar-refractivity contribution in [3.05, 3.63) is 95.6 Å². The number of likely N-dealkylation sites (tertiary alicyclic amines) is 3. The number of nitrogens with zero attached hydrogens (tertiary/aromatic N) is 3. The minimum absolute atomic E-state index is 0.0327. The maximum atomic E-state index is 15.2. The number of amides is 14. The fraction of sp³-hybridized carbons (Fsp3) is 0.568. The lowest BCUT2D eigenvalue weighted by Gasteiger charge is -2.34. The largest absolute Gasteiger partial charge is 0.508 e. The zero-order chi connectivity index (χ0) is 78.4. The number of primary amides is 2. The average Bonchev–Trinajstić information content (AvgIpc) is 1.61. The molecule has 106 heavy (non-hydrogen) atoms. The van der Waals surface area contributed by atoms with Crippen LogP contribution in [0.5, 0.6) is 11.5 Å². The second-order valence-electron chi connectivity index (χ2n) is 28.7. The van der Waals surface area contributed by atoms with Gasteiger partial charge in [-0.1, -0.05) is 103 Å². The van der Waals surface area contributed by atoms with E-state index in [1.807, 2.05) is 20.8 Å². The van der Waals surface area contributed by atoms with Gasteiger partial charge in [0.05, 0.1) is 18.6 Å². The molecular weight excluding hydrogens is 1370 g/mol. The van der Waals surface area contributed by atoms with E-state index in [2.05, 4.69) is 47.9 Å². The molecule has 0 unspecified atom stereocenters. The summed E-state index contributed by atoms with van der Waals surface area (Å²) in [5.41, 5.74) is 12.4. The summed E-state index contributed by atoms with van der Waals surface area (Å²) in [5, 5.41) is 66.0. The Morgan fingerprint density at radius 3 is 1.26 bits per heavy atom. The molecule has 0 bridgehead atoms. The normalized spacial score (nSPS) is 19.1. The number of aromatic hydroxyl groups is 2. The van der Waals surface area contributed by atoms with Gasteiger partial charge in [0.2, 0.25) is 82.7 Å². The number of carbonyl (C=O) groups excluding carboxylic acids is 14. The number of aliphatic hydroxyl groups is 2. The molecule has 3 fully saturated rings. The Morgan fingerprint density at radius 2 is 0.792 bits per heavy atom. The Labute approximate surface area is 616 Å². The molecule has 580 valence electrons. The standard InChI is InChI=1S/C74H106N14O18/c1-10-41(6)60(74(106)88-32-16-21-58(88)69(101)81-54(34-40(4)5)72(104)86-30-14-19-56(86)63(76)95)83-67(99)52(35-45-17-12-11-13-18-45)79-64(96)51(36-46-22-26-48(92)27-23-46)80-68(100)57-20-15-31-87(57)73(105)55(37-47-24-28-49(93)29-25-47)82-70(102)61(42(7)89)85-71(103)62(43(8)90)84-66(98)50(33-39(2)3)78-65(97)53(38-59(75)94)77-44(9)91/h11-13,17-18,22-29,39-43,50-58,60-62,89-90,92-93H,10,14-16,19-21,30-38H2,1-9H3,(H2,75,94)(H2,76,95)(H,77,91)(H,78,97)(H,79,96)(H,80,100)(H,81,101)(H,82,102)(H,83,99)(H,84,98)(H,85,103)/t41-,42+,43+,50-,51-,52-,53-,54-,55-,56-,57-,58-,60-,61-,62-/m0/s1. The molecule has 32 nitrogen and oxygen atoms in total. The van der Waals surface area contributed by atoms with Gasteiger partial charge in [0.25, 0.3) is 0 Å². The molecule has 3 aliphatic rings. The average molecular weight is 1480 g/mol. The van der Waals surface area contributed by atoms with Crippen molar-refractivity contribution >= 4 is 82.7 Å². The number of benzene rings is 3. The van der Waals surface area contributed by atoms with Gasteiger partial charge in [-0.3, -0.25) is 67.1 Å². The van der Waals surface area contributed by atoms with Crippen molar-refractivity contribution in [2.24, 2.45) is 29.2 Å². The lowest BCUT2D eigenvalue weighted by atomic mass is 9.96. The summed E-state index contributed by atoms with van der Waals surface area (Å²) in [4.78, 5) is 200. The van der Waals surface area contributed by atoms with Crippen LogP contribution in [0.1, 0.15) is 143 Å². The second-order valence-corrected chi connectivity index (χ2v) is 28.7. The third-order valence-corrected chi connectivity index (χ3v) is 19.1. The van der Waals surface area contributed by atoms with E-state index in [4.69, 9.17) is 11.5 Å². The molecular formula is C74H106N14O18. The molecule has 6 rings (SSSR count). The van der Waals surface area contributed by atoms with Crippen molar-refractivity contribution < 1.29 is 87.5 Å². The van der Waals surface area contributed by atoms with Crippen LogP contribution >= 0.6 is 0 Å². The van der Waals surface area contributed by atoms with E-state index in [9.17, 15) is 73.2 Å². The van der Waals surface area contributed by atoms with Crippen molar-refractivity contribution in [3.8, 4) is 11.5 Å². The number of phenolic OH excluding ortho intramolecular Hbond substituents is 2. The fourth-order valence-electron chi connectivity index (χ4n) is 13.4. The molecule has 0 spiro atoms. The highest BCUT2D eigenvalue weighted by atomic mass is 16.3. The minimum Gasteiger partial charge on any atom is -0.508 e. The Balaban J connectivity index is 1.24. The fourth-order valence-corrected chi connectivity index (χ4v) is 13.4. The van der Waals surface area contributed by atoms with Gasteiger partial charge >= 0.3 is 0 Å². The lowest BCUT2D eigenvalue weighted by Crippen LogP contribution is -2.63. The number of phenols is 2. The van der Waals surface area contributed by atoms with E-state index in [1.54, 1.807) is 51.1 Å². The van der Waals surface area contributed by atoms with Crippen LogP contribution in [0.15, 0.2) is 78.9 Å². The van der Waals surface area contributed by atoms with E-state index in [-0.39, 0.29) is 94.3 Å². The van der Waals surface area contributed by atoms with Crippen molar-refractivity contribution in [1.82, 2.24) is 62.6 Å². The number of hydrogen-bond donors (Lipinski definition) is 15. The van der Waals surface area contributed by atoms with Crippen LogP contribution in [-0.2, 0) is 86.4 Å². The quantitative estimate of drug-likeness (QED) is 0.0320. The molecule has 0 aromatic heterocycles. The number of rotatable bonds is 37. The lowest BCUT2D eigenvalue weighted by molar-refractivity contribution is -0.145. The van der Waals surface area contributed by atoms with Crippen LogP contribution in [0.2, 0.25) is 0 Å². The molecule has 0 radical (unpaired) electrons. The Hall–Kier alpha value is -10.2. The summed E-state index contributed by atoms with van der Waals surface area (Å²) in [6, 6.07) is 3.34. The van der Waals surface area contributed by atoms with Crippen LogP contribution in [0.25, 0.3) is 0 Å². The zero-order valence-corrected chi connectivity index (χ0v) is 61.6. The van der Waals surface area contributed by atoms with Gasteiger partial charge in [0.1, 0.15) is 84.0 Å². The highest BCUT2D eigenvalue weighted by Crippen LogP contribution is 2.26. The van der Waals surface area contributed by atoms with Crippen LogP contribution in [0, 0.1) is 17.8 Å². The van der Waals surface area contributed by atoms with Crippen molar-refractivity contribution in [2.45, 2.75) is 230 Å². The van der Waals surface area contributed by atoms with Crippen LogP contribution in [0.3, 0.4) is 0 Å². The first kappa shape index (κ1) is 84.7. The maximum Gasteiger partial charge on any atom is 0.246 e. The second kappa shape index (κ2) is 39.8. The van der Waals surface area contributed by atoms with E-state index < -0.39 is 180 Å². The highest BCUT2D eigenvalue weighted by molar-refractivity contribution is 6.01. The molecule has 3 heterocycles. The van der Waals surface area contributed by atoms with Crippen molar-refractivity contribution in [3.63, 3.8) is 0 Å². The van der Waals surface area contributed by atoms with E-state index in [0.717, 1.165) is 20.8 Å². The summed E-state index contributed by atoms with van der Waals surface area (Å²) in [6.45, 7) is 14.5. The van der Waals surface area contributed by atoms with Gasteiger partial charge < -0.3 is 94.4 Å². The topological polar surface area (TPSA) is 490 Å². The minimum atomic E-state index is -1.91. The number of hydrogen-bond acceptors (Lipinski definition) is 18. The molecule has 0 saturated carbocycles. The molecule has 0 aliphatic carbocycles. The first-order chi connectivity index (χ1) is 50.1. The first-order valence-electron chi connectivity index (χ1n) is 36.2. The third-order valence-electron chi connectivity index (χ3n) is 19.1. The van der Waals surface area contributed by atoms with Crippen LogP contribution < -0.4 is 59.3 Å². The third kappa shape index (κ3) is 24.4. The molecule has 17 N–H and O–H groups in total. The van der Waals surface area contributed by atoms with Crippen LogP contribution in [0.4, 0.5) is 0 Å². The number of aliphatic hydroxyl groups excluding tert-OH is 2. The van der Waals surface area contributed by atoms with Gasteiger partial charge in [-0.05, 0) is 124 Å². The molecule has 32 heteroatoms. The summed E-state index contributed by atoms with van der Waals surface area (Å²) >= 11 is 0. The first-order valence-corrected chi connectivity index (χ1v) is 36.2. The Morgan fingerprint density at radius 1 is 0.425 bits per heavy atom. The predicted octanol–water partition coefficient (Wildman–Crippen LogP) is -1.26. The zero-order valence-electron chi connectivity index (χ0n) is 61.6. The highest BCUT2D eigenvalue weighted by Gasteiger charge is 2.45. The molecule has 14 amide bonds. The van der Waals surface area contributed by atoms with E-state index in [0.29, 0.717) is 42.4 Å². The maximum absolute atomic E-state index is 15.2. The summed E-state index contributed by atoms with van der Waals surface area (Å²) < 4.78 is 0. The Bertz CT molecular complexity index is 3580. The monoisotopic (exact) mass is 1480 g/mol. The van der Waals surface area contributed by atoms with Crippen molar-refractivity contribution in [1.29, 1.82) is 0 Å². The summed E-state index contributed by atoms with van der Waals surface area (Å²) in [7, 11) is 0. The smallest absolute Gasteiger partial charge is 0.246 e. The van der Waals surface area contributed by atoms with Gasteiger partial charge in [0, 0.05) is 45.8 Å². The predicted molar refractivity (Wildman–Crippen MR) is 386 cm³/mol. The molecule has 15 atom stereocenters. The van der Waals surface area contributed by atoms with E-state index in [1.165, 1.54) is 63.2 Å². The molecule has 3 aromatic rings. The van der Waals surface area contributed by atoms with Gasteiger partial charge in [-0.25, -0.2) is 0 Å². The van der Waals surface area contributed by atoms with E-state index >= 15 is 14.4 Å². The molecule has 3 aromatic carbocycles.